The van der Waals surface area contributed by atoms with Crippen LogP contribution in [0.15, 0.2) is 102 Å². The van der Waals surface area contributed by atoms with Gasteiger partial charge in [0.1, 0.15) is 42.0 Å². The molecule has 3 aromatic carbocycles. The highest BCUT2D eigenvalue weighted by Crippen LogP contribution is 2.64. The number of unbranched alkanes of at least 4 members (excludes halogenated alkanes) is 1. The number of aliphatic hydroxyl groups is 2. The normalized spacial score (nSPS) is 25.9. The first kappa shape index (κ1) is 73.3. The average Bonchev–Trinajstić information content (AvgIpc) is 0.670. The molecule has 1 saturated heterocycles. The number of benzene rings is 3. The van der Waals surface area contributed by atoms with Crippen molar-refractivity contribution in [2.75, 3.05) is 40.3 Å². The average molecular weight is 1310 g/mol. The van der Waals surface area contributed by atoms with E-state index in [1.54, 1.807) is 80.6 Å². The van der Waals surface area contributed by atoms with E-state index in [-0.39, 0.29) is 78.6 Å². The Balaban J connectivity index is 1.29. The van der Waals surface area contributed by atoms with Crippen molar-refractivity contribution in [1.82, 2.24) is 25.8 Å². The van der Waals surface area contributed by atoms with Crippen molar-refractivity contribution < 1.29 is 86.6 Å². The Hall–Kier alpha value is -8.10. The molecule has 14 atom stereocenters. The molecule has 25 nitrogen and oxygen atoms in total. The molecule has 4 aliphatic rings. The van der Waals surface area contributed by atoms with Crippen LogP contribution in [0.5, 0.6) is 0 Å². The lowest BCUT2D eigenvalue weighted by molar-refractivity contribution is -0.346. The van der Waals surface area contributed by atoms with Crippen LogP contribution in [-0.4, -0.2) is 186 Å². The molecule has 9 N–H and O–H groups in total. The second-order valence-electron chi connectivity index (χ2n) is 26.7. The number of esters is 4. The summed E-state index contributed by atoms with van der Waals surface area (Å²) < 4.78 is 37.4. The maximum absolute atomic E-state index is 16.0. The number of nitrogens with zero attached hydrogens (tertiary/aromatic N) is 2. The number of hydrogen-bond donors (Lipinski definition) is 7. The van der Waals surface area contributed by atoms with E-state index in [0.717, 1.165) is 18.7 Å². The topological polar surface area (TPSA) is 361 Å². The number of nitrogens with one attached hydrogen (secondary N) is 3. The van der Waals surface area contributed by atoms with Gasteiger partial charge in [-0.3, -0.25) is 33.6 Å². The third-order valence-electron chi connectivity index (χ3n) is 19.1. The van der Waals surface area contributed by atoms with Crippen molar-refractivity contribution in [2.45, 2.75) is 180 Å². The Morgan fingerprint density at radius 2 is 1.34 bits per heavy atom. The van der Waals surface area contributed by atoms with Crippen LogP contribution in [0.1, 0.15) is 140 Å². The van der Waals surface area contributed by atoms with Gasteiger partial charge in [0.15, 0.2) is 17.5 Å². The minimum atomic E-state index is -2.55. The molecule has 512 valence electrons. The van der Waals surface area contributed by atoms with Gasteiger partial charge in [-0.25, -0.2) is 14.4 Å². The van der Waals surface area contributed by atoms with Gasteiger partial charge < -0.3 is 75.9 Å². The first-order valence-electron chi connectivity index (χ1n) is 32.0. The van der Waals surface area contributed by atoms with Gasteiger partial charge in [0.05, 0.1) is 35.6 Å². The molecule has 0 spiro atoms. The summed E-state index contributed by atoms with van der Waals surface area (Å²) in [6, 6.07) is 19.2. The quantitative estimate of drug-likeness (QED) is 0.0253. The number of fused-ring (bicyclic) bond motifs is 5. The van der Waals surface area contributed by atoms with E-state index in [9.17, 15) is 48.6 Å². The Morgan fingerprint density at radius 1 is 0.755 bits per heavy atom. The van der Waals surface area contributed by atoms with E-state index in [0.29, 0.717) is 19.4 Å². The Morgan fingerprint density at radius 3 is 1.89 bits per heavy atom. The third-order valence-corrected chi connectivity index (χ3v) is 19.1. The number of aliphatic hydroxyl groups excluding tert-OH is 1. The lowest BCUT2D eigenvalue weighted by atomic mass is 9.44. The molecule has 0 aromatic heterocycles. The largest absolute Gasteiger partial charge is 0.455 e. The fourth-order valence-corrected chi connectivity index (χ4v) is 13.5. The van der Waals surface area contributed by atoms with Gasteiger partial charge in [-0.15, -0.1) is 0 Å². The van der Waals surface area contributed by atoms with E-state index in [1.165, 1.54) is 71.0 Å². The van der Waals surface area contributed by atoms with E-state index >= 15 is 9.59 Å². The van der Waals surface area contributed by atoms with Gasteiger partial charge in [0, 0.05) is 64.9 Å². The summed E-state index contributed by atoms with van der Waals surface area (Å²) in [6.07, 6.45) is -11.2. The molecule has 1 aliphatic heterocycles. The van der Waals surface area contributed by atoms with Gasteiger partial charge in [0.2, 0.25) is 23.8 Å². The molecule has 2 saturated carbocycles. The summed E-state index contributed by atoms with van der Waals surface area (Å²) in [5, 5.41) is 35.0. The number of ether oxygens (including phenoxy) is 6. The zero-order valence-corrected chi connectivity index (χ0v) is 55.7. The highest BCUT2D eigenvalue weighted by molar-refractivity contribution is 5.97. The van der Waals surface area contributed by atoms with Crippen molar-refractivity contribution in [3.05, 3.63) is 119 Å². The van der Waals surface area contributed by atoms with Crippen molar-refractivity contribution in [3.63, 3.8) is 0 Å². The lowest BCUT2D eigenvalue weighted by Gasteiger charge is -2.67. The molecule has 3 fully saturated rings. The van der Waals surface area contributed by atoms with Gasteiger partial charge in [-0.2, -0.15) is 0 Å². The zero-order chi connectivity index (χ0) is 69.4. The van der Waals surface area contributed by atoms with E-state index in [2.05, 4.69) is 16.0 Å². The Kier molecular flexibility index (Phi) is 23.8. The minimum Gasteiger partial charge on any atom is -0.455 e. The summed E-state index contributed by atoms with van der Waals surface area (Å²) in [6.45, 7) is 14.9. The van der Waals surface area contributed by atoms with Crippen LogP contribution in [0.2, 0.25) is 0 Å². The fourth-order valence-electron chi connectivity index (χ4n) is 13.5. The van der Waals surface area contributed by atoms with E-state index in [1.807, 2.05) is 13.8 Å². The SMILES string of the molecule is CC(=O)O[C@H]1C(=O)[C@@]2(C)[C@H]([C@H](OC(=O)c3ccccc3)[C@]3(O)CC(OC(=O)[C@H](OC(=O)N(C)CCN(C)C(=O)[C@H](CCCCN)NC(=O)[C@H](CC(C)C)NC(=O)[C@H](N)C(C)C)C(NC(=O)c4ccccc4)c4ccccc4)C(C)=C1C3(C)C)[C@]1(OC(C)=O)CO[C@@H]1C[C@@H]2O. The Labute approximate surface area is 548 Å². The van der Waals surface area contributed by atoms with Crippen molar-refractivity contribution in [1.29, 1.82) is 0 Å². The summed E-state index contributed by atoms with van der Waals surface area (Å²) >= 11 is 0. The molecule has 2 bridgehead atoms. The molecular weight excluding hydrogens is 1210 g/mol. The molecule has 5 amide bonds. The van der Waals surface area contributed by atoms with Crippen LogP contribution in [0.4, 0.5) is 4.79 Å². The van der Waals surface area contributed by atoms with Gasteiger partial charge in [-0.05, 0) is 98.9 Å². The molecule has 3 aliphatic carbocycles. The predicted molar refractivity (Wildman–Crippen MR) is 341 cm³/mol. The molecule has 25 heteroatoms. The van der Waals surface area contributed by atoms with E-state index in [4.69, 9.17) is 39.9 Å². The number of likely N-dealkylation sites (N-methyl/N-ethyl adjacent to an activating group) is 2. The van der Waals surface area contributed by atoms with Crippen LogP contribution in [0.3, 0.4) is 0 Å². The molecule has 94 heavy (non-hydrogen) atoms. The number of nitrogens with two attached hydrogens (primary N) is 2. The highest BCUT2D eigenvalue weighted by atomic mass is 16.6. The molecule has 3 aromatic rings. The number of rotatable bonds is 26. The van der Waals surface area contributed by atoms with Crippen LogP contribution in [-0.2, 0) is 62.0 Å². The number of Topliss-reactive ketones (excluding diaryl/α,β-unsaturated/α-hetero) is 1. The van der Waals surface area contributed by atoms with Crippen molar-refractivity contribution in [2.24, 2.45) is 40.1 Å². The fraction of sp³-hybridized carbons (Fsp3) is 0.565. The summed E-state index contributed by atoms with van der Waals surface area (Å²) in [4.78, 5) is 146. The first-order valence-corrected chi connectivity index (χ1v) is 32.0. The summed E-state index contributed by atoms with van der Waals surface area (Å²) in [5.74, 6) is -9.34. The van der Waals surface area contributed by atoms with Gasteiger partial charge in [0.25, 0.3) is 5.91 Å². The van der Waals surface area contributed by atoms with Crippen LogP contribution in [0.25, 0.3) is 0 Å². The minimum absolute atomic E-state index is 0.00684. The Bertz CT molecular complexity index is 3290. The highest BCUT2D eigenvalue weighted by Gasteiger charge is 2.78. The number of ketones is 1. The number of amides is 5. The second kappa shape index (κ2) is 30.5. The second-order valence-corrected chi connectivity index (χ2v) is 26.7. The summed E-state index contributed by atoms with van der Waals surface area (Å²) in [5.41, 5.74) is 3.92. The molecular formula is C69H93N7O18. The van der Waals surface area contributed by atoms with Crippen LogP contribution in [0, 0.1) is 28.6 Å². The predicted octanol–water partition coefficient (Wildman–Crippen LogP) is 4.40. The molecule has 0 radical (unpaired) electrons. The number of carbonyl (C=O) groups excluding carboxylic acids is 10. The van der Waals surface area contributed by atoms with Crippen LogP contribution >= 0.6 is 0 Å². The van der Waals surface area contributed by atoms with Gasteiger partial charge in [-0.1, -0.05) is 108 Å². The number of hydrogen-bond acceptors (Lipinski definition) is 20. The summed E-state index contributed by atoms with van der Waals surface area (Å²) in [7, 11) is 2.81. The van der Waals surface area contributed by atoms with E-state index < -0.39 is 155 Å². The molecule has 1 heterocycles. The van der Waals surface area contributed by atoms with Crippen molar-refractivity contribution >= 4 is 59.4 Å². The van der Waals surface area contributed by atoms with Gasteiger partial charge >= 0.3 is 30.0 Å². The lowest BCUT2D eigenvalue weighted by Crippen LogP contribution is -2.82. The smallest absolute Gasteiger partial charge is 0.410 e. The zero-order valence-electron chi connectivity index (χ0n) is 55.7. The number of carbonyl (C=O) groups is 10. The monoisotopic (exact) mass is 1310 g/mol. The standard InChI is InChI=1S/C69H93N7O18/c1-38(2)34-47(73-61(83)52(71)39(3)4)60(82)72-46(30-22-23-31-70)62(84)75(11)32-33-76(12)65(87)92-55(53(43-24-16-13-17-25-43)74-59(81)44-26-18-14-19-27-44)64(86)91-48-36-69(88)58(93-63(85)45-28-20-15-21-29-45)56-67(10,49(79)35-50-68(56,37-89-50)94-42(7)78)57(80)54(90-41(6)77)51(40(48)5)66(69,8)9/h13-21,24-29,38-39,46-50,52-56,58,79,88H,22-23,30-37,70-71H2,1-12H3,(H,72,82)(H,73,83)(H,74,81)/t46-,47-,48?,49-,50+,52+,53?,54+,55+,56-,58-,67+,68-,69+/m0/s1. The van der Waals surface area contributed by atoms with Crippen LogP contribution < -0.4 is 27.4 Å². The molecule has 7 rings (SSSR count). The third kappa shape index (κ3) is 15.5. The van der Waals surface area contributed by atoms with Crippen molar-refractivity contribution in [3.8, 4) is 0 Å². The first-order chi connectivity index (χ1) is 44.2. The maximum atomic E-state index is 16.0. The molecule has 2 unspecified atom stereocenters. The maximum Gasteiger partial charge on any atom is 0.410 e.